The highest BCUT2D eigenvalue weighted by Crippen LogP contribution is 2.51. The molecule has 8 nitrogen and oxygen atoms in total. The van der Waals surface area contributed by atoms with Crippen molar-refractivity contribution in [3.8, 4) is 0 Å². The van der Waals surface area contributed by atoms with Crippen molar-refractivity contribution < 1.29 is 9.59 Å². The van der Waals surface area contributed by atoms with Gasteiger partial charge in [-0.2, -0.15) is 0 Å². The van der Waals surface area contributed by atoms with Crippen LogP contribution in [0, 0.1) is 0 Å². The van der Waals surface area contributed by atoms with Crippen LogP contribution >= 0.6 is 0 Å². The van der Waals surface area contributed by atoms with Crippen LogP contribution in [-0.2, 0) is 17.8 Å². The summed E-state index contributed by atoms with van der Waals surface area (Å²) in [6.45, 7) is 10.8. The Morgan fingerprint density at radius 3 is 1.75 bits per heavy atom. The lowest BCUT2D eigenvalue weighted by atomic mass is 9.95. The smallest absolute Gasteiger partial charge is 0.254 e. The van der Waals surface area contributed by atoms with E-state index in [4.69, 9.17) is 0 Å². The van der Waals surface area contributed by atoms with Crippen molar-refractivity contribution in [2.24, 2.45) is 0 Å². The van der Waals surface area contributed by atoms with E-state index in [1.165, 1.54) is 39.2 Å². The number of hydrogen-bond donors (Lipinski definition) is 0. The molecule has 4 atom stereocenters. The molecule has 4 aromatic rings. The molecule has 4 fully saturated rings. The lowest BCUT2D eigenvalue weighted by Crippen LogP contribution is -2.46. The molecule has 4 bridgehead atoms. The first kappa shape index (κ1) is 34.8. The summed E-state index contributed by atoms with van der Waals surface area (Å²) in [6, 6.07) is 33.2. The van der Waals surface area contributed by atoms with E-state index < -0.39 is 0 Å². The zero-order chi connectivity index (χ0) is 37.0. The molecule has 4 saturated heterocycles. The molecule has 2 unspecified atom stereocenters. The summed E-state index contributed by atoms with van der Waals surface area (Å²) in [5, 5.41) is 0. The highest BCUT2D eigenvalue weighted by molar-refractivity contribution is 5.95. The molecule has 4 heterocycles. The van der Waals surface area contributed by atoms with E-state index in [1.807, 2.05) is 18.2 Å². The summed E-state index contributed by atoms with van der Waals surface area (Å²) in [4.78, 5) is 41.8. The molecule has 0 aromatic heterocycles. The van der Waals surface area contributed by atoms with E-state index in [9.17, 15) is 9.59 Å². The summed E-state index contributed by atoms with van der Waals surface area (Å²) in [5.41, 5.74) is 11.4. The molecular formula is C47H54N6O2. The molecule has 2 aliphatic carbocycles. The summed E-state index contributed by atoms with van der Waals surface area (Å²) < 4.78 is 0. The van der Waals surface area contributed by atoms with E-state index in [1.54, 1.807) is 0 Å². The molecule has 0 spiro atoms. The van der Waals surface area contributed by atoms with E-state index in [-0.39, 0.29) is 23.9 Å². The van der Waals surface area contributed by atoms with Crippen LogP contribution in [0.25, 0.3) is 0 Å². The van der Waals surface area contributed by atoms with Gasteiger partial charge in [0.1, 0.15) is 0 Å². The Labute approximate surface area is 326 Å². The van der Waals surface area contributed by atoms with Gasteiger partial charge in [-0.1, -0.05) is 54.6 Å². The zero-order valence-electron chi connectivity index (χ0n) is 32.3. The minimum Gasteiger partial charge on any atom is -0.369 e. The highest BCUT2D eigenvalue weighted by atomic mass is 16.2. The number of nitrogens with zero attached hydrogens (tertiary/aromatic N) is 6. The number of likely N-dealkylation sites (tertiary alicyclic amines) is 2. The van der Waals surface area contributed by atoms with Crippen molar-refractivity contribution in [3.63, 3.8) is 0 Å². The number of fused-ring (bicyclic) bond motifs is 10. The molecule has 10 rings (SSSR count). The average Bonchev–Trinajstić information content (AvgIpc) is 3.67. The molecule has 0 N–H and O–H groups in total. The van der Waals surface area contributed by atoms with Gasteiger partial charge in [0.2, 0.25) is 5.91 Å². The minimum atomic E-state index is 0.170. The largest absolute Gasteiger partial charge is 0.369 e. The van der Waals surface area contributed by atoms with Gasteiger partial charge < -0.3 is 24.5 Å². The number of likely N-dealkylation sites (N-methyl/N-ethyl adjacent to an activating group) is 1. The van der Waals surface area contributed by atoms with Crippen LogP contribution in [0.15, 0.2) is 91.0 Å². The molecule has 4 aromatic carbocycles. The topological polar surface area (TPSA) is 53.6 Å². The van der Waals surface area contributed by atoms with E-state index >= 15 is 0 Å². The SMILES string of the molecule is CN1CCN(c2ccc3c(c2)[C@H]2CC3CCN2C(=O)c2ccc(CN3CCN(c4ccc5c(c4)[C@H]4CC5CCN4C(=O)Cc4ccccc4)CC3)cc2)CC1. The molecule has 6 aliphatic rings. The first-order valence-corrected chi connectivity index (χ1v) is 20.9. The average molecular weight is 735 g/mol. The molecular weight excluding hydrogens is 681 g/mol. The highest BCUT2D eigenvalue weighted by Gasteiger charge is 2.42. The van der Waals surface area contributed by atoms with Gasteiger partial charge in [0.05, 0.1) is 18.5 Å². The van der Waals surface area contributed by atoms with Crippen LogP contribution in [0.5, 0.6) is 0 Å². The normalized spacial score (nSPS) is 24.9. The molecule has 55 heavy (non-hydrogen) atoms. The van der Waals surface area contributed by atoms with Crippen molar-refractivity contribution in [3.05, 3.63) is 130 Å². The van der Waals surface area contributed by atoms with Crippen LogP contribution in [0.2, 0.25) is 0 Å². The third-order valence-electron chi connectivity index (χ3n) is 13.9. The Hall–Kier alpha value is -4.66. The van der Waals surface area contributed by atoms with Crippen molar-refractivity contribution in [1.82, 2.24) is 19.6 Å². The predicted octanol–water partition coefficient (Wildman–Crippen LogP) is 6.84. The summed E-state index contributed by atoms with van der Waals surface area (Å²) in [6.07, 6.45) is 4.69. The fourth-order valence-corrected chi connectivity index (χ4v) is 10.7. The predicted molar refractivity (Wildman–Crippen MR) is 219 cm³/mol. The number of piperazine rings is 2. The van der Waals surface area contributed by atoms with Gasteiger partial charge in [-0.3, -0.25) is 14.5 Å². The monoisotopic (exact) mass is 734 g/mol. The first-order chi connectivity index (χ1) is 26.9. The lowest BCUT2D eigenvalue weighted by Gasteiger charge is -2.37. The number of hydrogen-bond acceptors (Lipinski definition) is 6. The van der Waals surface area contributed by atoms with E-state index in [0.29, 0.717) is 18.3 Å². The maximum Gasteiger partial charge on any atom is 0.254 e. The van der Waals surface area contributed by atoms with Gasteiger partial charge in [0.25, 0.3) is 5.91 Å². The summed E-state index contributed by atoms with van der Waals surface area (Å²) >= 11 is 0. The standard InChI is InChI=1S/C47H54N6O2/c1-48-19-23-50(24-20-48)38-11-14-41-37-16-18-53(45(29-37)43(41)31-38)47(55)35-9-7-34(8-10-35)32-49-21-25-51(26-22-49)39-12-13-40-36-15-17-52(44(28-36)42(40)30-39)46(54)27-33-5-3-2-4-6-33/h2-14,30-31,36-37,44-45H,15-29,32H2,1H3/t36?,37?,44-,45-/m1/s1. The Morgan fingerprint density at radius 2 is 1.13 bits per heavy atom. The van der Waals surface area contributed by atoms with Crippen molar-refractivity contribution in [2.45, 2.75) is 62.6 Å². The third kappa shape index (κ3) is 6.61. The Balaban J connectivity index is 0.755. The van der Waals surface area contributed by atoms with E-state index in [2.05, 4.69) is 109 Å². The van der Waals surface area contributed by atoms with Crippen LogP contribution in [0.1, 0.15) is 93.3 Å². The van der Waals surface area contributed by atoms with Crippen molar-refractivity contribution in [1.29, 1.82) is 0 Å². The second-order valence-corrected chi connectivity index (χ2v) is 17.1. The number of carbonyl (C=O) groups is 2. The van der Waals surface area contributed by atoms with Crippen molar-refractivity contribution >= 4 is 23.2 Å². The number of amides is 2. The maximum atomic E-state index is 14.0. The fourth-order valence-electron chi connectivity index (χ4n) is 10.7. The number of carbonyl (C=O) groups excluding carboxylic acids is 2. The number of anilines is 2. The molecule has 284 valence electrons. The Bertz CT molecular complexity index is 2050. The van der Waals surface area contributed by atoms with Gasteiger partial charge >= 0.3 is 0 Å². The van der Waals surface area contributed by atoms with Gasteiger partial charge in [-0.25, -0.2) is 0 Å². The summed E-state index contributed by atoms with van der Waals surface area (Å²) in [7, 11) is 2.20. The minimum absolute atomic E-state index is 0.170. The Morgan fingerprint density at radius 1 is 0.564 bits per heavy atom. The van der Waals surface area contributed by atoms with Gasteiger partial charge in [-0.05, 0) is 114 Å². The first-order valence-electron chi connectivity index (χ1n) is 20.9. The van der Waals surface area contributed by atoms with Gasteiger partial charge in [0.15, 0.2) is 0 Å². The van der Waals surface area contributed by atoms with Crippen molar-refractivity contribution in [2.75, 3.05) is 82.3 Å². The molecule has 2 amide bonds. The van der Waals surface area contributed by atoms with Crippen LogP contribution in [0.4, 0.5) is 11.4 Å². The maximum absolute atomic E-state index is 14.0. The van der Waals surface area contributed by atoms with Crippen LogP contribution in [0.3, 0.4) is 0 Å². The third-order valence-corrected chi connectivity index (χ3v) is 13.9. The second-order valence-electron chi connectivity index (χ2n) is 17.1. The Kier molecular flexibility index (Phi) is 9.14. The van der Waals surface area contributed by atoms with Gasteiger partial charge in [0, 0.05) is 88.9 Å². The van der Waals surface area contributed by atoms with Gasteiger partial charge in [-0.15, -0.1) is 0 Å². The number of piperidine rings is 2. The molecule has 4 aliphatic heterocycles. The quantitative estimate of drug-likeness (QED) is 0.208. The molecule has 0 radical (unpaired) electrons. The second kappa shape index (κ2) is 14.4. The van der Waals surface area contributed by atoms with E-state index in [0.717, 1.165) is 109 Å². The number of benzene rings is 4. The lowest BCUT2D eigenvalue weighted by molar-refractivity contribution is -0.134. The number of rotatable bonds is 7. The fraction of sp³-hybridized carbons (Fsp3) is 0.447. The molecule has 0 saturated carbocycles. The summed E-state index contributed by atoms with van der Waals surface area (Å²) in [5.74, 6) is 1.56. The zero-order valence-corrected chi connectivity index (χ0v) is 32.3. The molecule has 8 heteroatoms. The van der Waals surface area contributed by atoms with Crippen LogP contribution in [-0.4, -0.2) is 104 Å². The van der Waals surface area contributed by atoms with Crippen LogP contribution < -0.4 is 9.80 Å².